The highest BCUT2D eigenvalue weighted by molar-refractivity contribution is 6.46. The van der Waals surface area contributed by atoms with Crippen LogP contribution in [0.1, 0.15) is 23.6 Å². The van der Waals surface area contributed by atoms with Crippen LogP contribution in [0.3, 0.4) is 0 Å². The summed E-state index contributed by atoms with van der Waals surface area (Å²) in [6, 6.07) is 20.0. The van der Waals surface area contributed by atoms with Crippen LogP contribution in [0.5, 0.6) is 11.5 Å². The first-order chi connectivity index (χ1) is 15.9. The second-order valence-corrected chi connectivity index (χ2v) is 7.75. The van der Waals surface area contributed by atoms with E-state index in [4.69, 9.17) is 9.47 Å². The number of benzene rings is 3. The number of aryl methyl sites for hydroxylation is 2. The molecule has 1 aliphatic heterocycles. The largest absolute Gasteiger partial charge is 0.496 e. The Hall–Kier alpha value is -4.06. The molecule has 6 heteroatoms. The van der Waals surface area contributed by atoms with Crippen molar-refractivity contribution < 1.29 is 19.1 Å². The normalized spacial score (nSPS) is 13.5. The lowest BCUT2D eigenvalue weighted by Gasteiger charge is -2.17. The van der Waals surface area contributed by atoms with Crippen molar-refractivity contribution in [2.45, 2.75) is 20.8 Å². The number of carbonyl (C=O) groups excluding carboxylic acids is 2. The van der Waals surface area contributed by atoms with Gasteiger partial charge in [-0.1, -0.05) is 30.3 Å². The Labute approximate surface area is 193 Å². The van der Waals surface area contributed by atoms with Gasteiger partial charge in [0.25, 0.3) is 11.8 Å². The minimum atomic E-state index is -0.425. The number of anilines is 2. The van der Waals surface area contributed by atoms with Crippen LogP contribution in [0.25, 0.3) is 5.57 Å². The van der Waals surface area contributed by atoms with Gasteiger partial charge >= 0.3 is 0 Å². The van der Waals surface area contributed by atoms with Gasteiger partial charge in [-0.3, -0.25) is 9.59 Å². The van der Waals surface area contributed by atoms with Crippen LogP contribution in [-0.2, 0) is 9.59 Å². The number of methoxy groups -OCH3 is 1. The maximum atomic E-state index is 13.7. The highest BCUT2D eigenvalue weighted by atomic mass is 16.5. The molecule has 0 bridgehead atoms. The summed E-state index contributed by atoms with van der Waals surface area (Å²) < 4.78 is 11.1. The molecule has 0 unspecified atom stereocenters. The van der Waals surface area contributed by atoms with Crippen molar-refractivity contribution in [2.24, 2.45) is 0 Å². The number of amides is 2. The van der Waals surface area contributed by atoms with Gasteiger partial charge in [0.15, 0.2) is 0 Å². The molecular weight excluding hydrogens is 416 g/mol. The molecule has 0 atom stereocenters. The fraction of sp³-hybridized carbons (Fsp3) is 0.185. The van der Waals surface area contributed by atoms with Crippen molar-refractivity contribution in [2.75, 3.05) is 23.9 Å². The molecule has 2 amide bonds. The smallest absolute Gasteiger partial charge is 0.282 e. The molecule has 3 aromatic carbocycles. The Morgan fingerprint density at radius 1 is 0.879 bits per heavy atom. The Kier molecular flexibility index (Phi) is 6.18. The minimum absolute atomic E-state index is 0.191. The summed E-state index contributed by atoms with van der Waals surface area (Å²) in [7, 11) is 1.54. The van der Waals surface area contributed by atoms with Crippen LogP contribution < -0.4 is 19.7 Å². The van der Waals surface area contributed by atoms with Crippen LogP contribution >= 0.6 is 0 Å². The van der Waals surface area contributed by atoms with Gasteiger partial charge in [0.2, 0.25) is 0 Å². The highest BCUT2D eigenvalue weighted by Gasteiger charge is 2.41. The third-order valence-electron chi connectivity index (χ3n) is 5.62. The van der Waals surface area contributed by atoms with E-state index in [0.29, 0.717) is 35.0 Å². The van der Waals surface area contributed by atoms with Gasteiger partial charge in [-0.05, 0) is 62.2 Å². The van der Waals surface area contributed by atoms with Crippen LogP contribution in [0.2, 0.25) is 0 Å². The van der Waals surface area contributed by atoms with E-state index < -0.39 is 11.8 Å². The monoisotopic (exact) mass is 442 g/mol. The molecule has 0 spiro atoms. The van der Waals surface area contributed by atoms with Gasteiger partial charge in [-0.2, -0.15) is 0 Å². The topological polar surface area (TPSA) is 67.9 Å². The first kappa shape index (κ1) is 22.1. The summed E-state index contributed by atoms with van der Waals surface area (Å²) in [6.45, 7) is 6.38. The summed E-state index contributed by atoms with van der Waals surface area (Å²) in [4.78, 5) is 28.5. The average molecular weight is 443 g/mol. The number of nitrogens with one attached hydrogen (secondary N) is 1. The minimum Gasteiger partial charge on any atom is -0.496 e. The third-order valence-corrected chi connectivity index (χ3v) is 5.62. The Morgan fingerprint density at radius 2 is 1.67 bits per heavy atom. The molecule has 0 aromatic heterocycles. The second-order valence-electron chi connectivity index (χ2n) is 7.75. The Bertz CT molecular complexity index is 1260. The van der Waals surface area contributed by atoms with Crippen LogP contribution in [0.15, 0.2) is 72.4 Å². The summed E-state index contributed by atoms with van der Waals surface area (Å²) in [6.07, 6.45) is 0. The predicted molar refractivity (Wildman–Crippen MR) is 130 cm³/mol. The number of imide groups is 1. The number of carbonyl (C=O) groups is 2. The lowest BCUT2D eigenvalue weighted by Crippen LogP contribution is -2.32. The molecule has 0 saturated heterocycles. The summed E-state index contributed by atoms with van der Waals surface area (Å²) in [5.74, 6) is 0.352. The van der Waals surface area contributed by atoms with E-state index in [-0.39, 0.29) is 11.3 Å². The zero-order valence-corrected chi connectivity index (χ0v) is 19.1. The predicted octanol–water partition coefficient (Wildman–Crippen LogP) is 5.11. The van der Waals surface area contributed by atoms with E-state index in [9.17, 15) is 9.59 Å². The fourth-order valence-corrected chi connectivity index (χ4v) is 3.82. The van der Waals surface area contributed by atoms with E-state index in [1.54, 1.807) is 31.4 Å². The maximum Gasteiger partial charge on any atom is 0.282 e. The van der Waals surface area contributed by atoms with Gasteiger partial charge in [0, 0.05) is 17.3 Å². The zero-order chi connectivity index (χ0) is 23.5. The molecule has 1 N–H and O–H groups in total. The van der Waals surface area contributed by atoms with Crippen LogP contribution in [-0.4, -0.2) is 25.5 Å². The van der Waals surface area contributed by atoms with E-state index in [1.165, 1.54) is 4.90 Å². The first-order valence-corrected chi connectivity index (χ1v) is 10.8. The molecule has 0 fully saturated rings. The standard InChI is InChI=1S/C27H26N2O4/c1-5-33-21-10-8-9-19(16-21)28-25-24(22-11-6-7-12-23(22)32-4)26(30)29(27(25)31)20-14-13-17(2)18(3)15-20/h6-16,28H,5H2,1-4H3. The van der Waals surface area contributed by atoms with Crippen molar-refractivity contribution >= 4 is 28.8 Å². The highest BCUT2D eigenvalue weighted by Crippen LogP contribution is 2.38. The second kappa shape index (κ2) is 9.20. The molecule has 6 nitrogen and oxygen atoms in total. The third kappa shape index (κ3) is 4.20. The van der Waals surface area contributed by atoms with E-state index in [0.717, 1.165) is 11.1 Å². The van der Waals surface area contributed by atoms with Gasteiger partial charge in [0.05, 0.1) is 25.0 Å². The molecule has 33 heavy (non-hydrogen) atoms. The van der Waals surface area contributed by atoms with Crippen molar-refractivity contribution in [3.05, 3.63) is 89.1 Å². The number of nitrogens with zero attached hydrogens (tertiary/aromatic N) is 1. The molecule has 1 heterocycles. The summed E-state index contributed by atoms with van der Waals surface area (Å²) in [5, 5.41) is 3.18. The molecule has 1 aliphatic rings. The summed E-state index contributed by atoms with van der Waals surface area (Å²) >= 11 is 0. The van der Waals surface area contributed by atoms with E-state index in [1.807, 2.05) is 63.2 Å². The van der Waals surface area contributed by atoms with Gasteiger partial charge < -0.3 is 14.8 Å². The number of rotatable bonds is 7. The molecule has 3 aromatic rings. The molecule has 0 radical (unpaired) electrons. The number of hydrogen-bond acceptors (Lipinski definition) is 5. The van der Waals surface area contributed by atoms with E-state index in [2.05, 4.69) is 5.32 Å². The first-order valence-electron chi connectivity index (χ1n) is 10.8. The van der Waals surface area contributed by atoms with Crippen molar-refractivity contribution in [3.8, 4) is 11.5 Å². The van der Waals surface area contributed by atoms with Crippen molar-refractivity contribution in [1.29, 1.82) is 0 Å². The quantitative estimate of drug-likeness (QED) is 0.515. The SMILES string of the molecule is CCOc1cccc(NC2=C(c3ccccc3OC)C(=O)N(c3ccc(C)c(C)c3)C2=O)c1. The average Bonchev–Trinajstić information content (AvgIpc) is 3.05. The fourth-order valence-electron chi connectivity index (χ4n) is 3.82. The molecule has 0 saturated carbocycles. The molecule has 4 rings (SSSR count). The van der Waals surface area contributed by atoms with Crippen LogP contribution in [0.4, 0.5) is 11.4 Å². The molecular formula is C27H26N2O4. The van der Waals surface area contributed by atoms with Gasteiger partial charge in [0.1, 0.15) is 17.2 Å². The Morgan fingerprint density at radius 3 is 2.39 bits per heavy atom. The van der Waals surface area contributed by atoms with E-state index >= 15 is 0 Å². The maximum absolute atomic E-state index is 13.7. The number of hydrogen-bond donors (Lipinski definition) is 1. The Balaban J connectivity index is 1.84. The van der Waals surface area contributed by atoms with Gasteiger partial charge in [-0.15, -0.1) is 0 Å². The van der Waals surface area contributed by atoms with Crippen LogP contribution in [0, 0.1) is 13.8 Å². The van der Waals surface area contributed by atoms with Gasteiger partial charge in [-0.25, -0.2) is 4.90 Å². The molecule has 0 aliphatic carbocycles. The molecule has 168 valence electrons. The lowest BCUT2D eigenvalue weighted by molar-refractivity contribution is -0.120. The zero-order valence-electron chi connectivity index (χ0n) is 19.1. The number of ether oxygens (including phenoxy) is 2. The summed E-state index contributed by atoms with van der Waals surface area (Å²) in [5.41, 5.74) is 4.26. The van der Waals surface area contributed by atoms with Crippen molar-refractivity contribution in [3.63, 3.8) is 0 Å². The number of para-hydroxylation sites is 1. The van der Waals surface area contributed by atoms with Crippen molar-refractivity contribution in [1.82, 2.24) is 0 Å². The lowest BCUT2D eigenvalue weighted by atomic mass is 10.0.